The van der Waals surface area contributed by atoms with E-state index in [2.05, 4.69) is 41.5 Å². The van der Waals surface area contributed by atoms with Crippen LogP contribution in [0.15, 0.2) is 16.6 Å². The maximum Gasteiger partial charge on any atom is 0.233 e. The third kappa shape index (κ3) is 3.71. The Morgan fingerprint density at radius 3 is 2.55 bits per heavy atom. The van der Waals surface area contributed by atoms with Crippen LogP contribution >= 0.6 is 39.1 Å². The Morgan fingerprint density at radius 2 is 1.85 bits per heavy atom. The van der Waals surface area contributed by atoms with Crippen molar-refractivity contribution in [3.63, 3.8) is 0 Å². The summed E-state index contributed by atoms with van der Waals surface area (Å²) in [6.07, 6.45) is 0. The quantitative estimate of drug-likeness (QED) is 0.826. The van der Waals surface area contributed by atoms with Gasteiger partial charge in [-0.1, -0.05) is 11.6 Å². The first-order valence-corrected chi connectivity index (χ1v) is 7.42. The van der Waals surface area contributed by atoms with Crippen LogP contribution in [0.1, 0.15) is 12.5 Å². The molecule has 5 nitrogen and oxygen atoms in total. The summed E-state index contributed by atoms with van der Waals surface area (Å²) < 4.78 is 0.862. The summed E-state index contributed by atoms with van der Waals surface area (Å²) in [5.74, 6) is 0.769. The molecule has 0 radical (unpaired) electrons. The molecule has 0 atom stereocenters. The highest BCUT2D eigenvalue weighted by Crippen LogP contribution is 2.30. The van der Waals surface area contributed by atoms with Gasteiger partial charge >= 0.3 is 0 Å². The van der Waals surface area contributed by atoms with Crippen LogP contribution in [0.2, 0.25) is 10.3 Å². The lowest BCUT2D eigenvalue weighted by atomic mass is 10.2. The molecule has 0 spiro atoms. The third-order valence-corrected chi connectivity index (χ3v) is 3.67. The minimum atomic E-state index is 0.118. The van der Waals surface area contributed by atoms with Gasteiger partial charge in [0.25, 0.3) is 0 Å². The number of hydrogen-bond donors (Lipinski definition) is 2. The second kappa shape index (κ2) is 6.56. The van der Waals surface area contributed by atoms with E-state index < -0.39 is 0 Å². The summed E-state index contributed by atoms with van der Waals surface area (Å²) in [5, 5.41) is 6.82. The van der Waals surface area contributed by atoms with E-state index in [-0.39, 0.29) is 5.28 Å². The van der Waals surface area contributed by atoms with Crippen molar-refractivity contribution in [2.75, 3.05) is 17.2 Å². The van der Waals surface area contributed by atoms with Gasteiger partial charge in [0, 0.05) is 16.0 Å². The maximum atomic E-state index is 6.11. The predicted molar refractivity (Wildman–Crippen MR) is 86.2 cm³/mol. The first-order valence-electron chi connectivity index (χ1n) is 5.87. The lowest BCUT2D eigenvalue weighted by Gasteiger charge is -2.10. The molecule has 0 amide bonds. The Balaban J connectivity index is 2.32. The van der Waals surface area contributed by atoms with Gasteiger partial charge < -0.3 is 10.6 Å². The number of nitrogens with zero attached hydrogens (tertiary/aromatic N) is 3. The molecule has 0 unspecified atom stereocenters. The van der Waals surface area contributed by atoms with Gasteiger partial charge in [-0.25, -0.2) is 0 Å². The largest absolute Gasteiger partial charge is 0.354 e. The molecule has 0 saturated heterocycles. The van der Waals surface area contributed by atoms with Crippen LogP contribution in [-0.2, 0) is 0 Å². The molecular weight excluding hydrogens is 365 g/mol. The SMILES string of the molecule is CCNc1nc(Cl)nc(Nc2cc(Cl)c(C)cc2Br)n1. The molecule has 0 saturated carbocycles. The zero-order valence-corrected chi connectivity index (χ0v) is 13.9. The van der Waals surface area contributed by atoms with Crippen LogP contribution in [0.3, 0.4) is 0 Å². The highest BCUT2D eigenvalue weighted by Gasteiger charge is 2.08. The van der Waals surface area contributed by atoms with E-state index in [1.54, 1.807) is 6.07 Å². The fraction of sp³-hybridized carbons (Fsp3) is 0.250. The van der Waals surface area contributed by atoms with Crippen LogP contribution in [0.25, 0.3) is 0 Å². The van der Waals surface area contributed by atoms with Crippen LogP contribution in [0, 0.1) is 6.92 Å². The fourth-order valence-electron chi connectivity index (χ4n) is 1.51. The summed E-state index contributed by atoms with van der Waals surface area (Å²) >= 11 is 15.4. The molecule has 2 rings (SSSR count). The topological polar surface area (TPSA) is 62.7 Å². The minimum absolute atomic E-state index is 0.118. The summed E-state index contributed by atoms with van der Waals surface area (Å²) in [7, 11) is 0. The molecule has 1 aromatic heterocycles. The van der Waals surface area contributed by atoms with Crippen LogP contribution in [0.4, 0.5) is 17.6 Å². The lowest BCUT2D eigenvalue weighted by molar-refractivity contribution is 1.02. The second-order valence-electron chi connectivity index (χ2n) is 3.99. The van der Waals surface area contributed by atoms with Gasteiger partial charge in [0.05, 0.1) is 5.69 Å². The Bertz CT molecular complexity index is 635. The number of nitrogens with one attached hydrogen (secondary N) is 2. The number of anilines is 3. The van der Waals surface area contributed by atoms with Gasteiger partial charge in [-0.3, -0.25) is 0 Å². The van der Waals surface area contributed by atoms with E-state index in [0.29, 0.717) is 23.5 Å². The maximum absolute atomic E-state index is 6.11. The number of aryl methyl sites for hydroxylation is 1. The Labute approximate surface area is 135 Å². The van der Waals surface area contributed by atoms with Crippen LogP contribution < -0.4 is 10.6 Å². The molecule has 0 aliphatic carbocycles. The van der Waals surface area contributed by atoms with Gasteiger partial charge in [0.2, 0.25) is 17.2 Å². The van der Waals surface area contributed by atoms with Gasteiger partial charge in [-0.2, -0.15) is 15.0 Å². The number of aromatic nitrogens is 3. The summed E-state index contributed by atoms with van der Waals surface area (Å²) in [6.45, 7) is 4.57. The molecular formula is C12H12BrCl2N5. The van der Waals surface area contributed by atoms with E-state index in [1.165, 1.54) is 0 Å². The summed E-state index contributed by atoms with van der Waals surface area (Å²) in [4.78, 5) is 12.2. The molecule has 0 bridgehead atoms. The predicted octanol–water partition coefficient (Wildman–Crippen LogP) is 4.42. The van der Waals surface area contributed by atoms with Gasteiger partial charge in [-0.05, 0) is 59.1 Å². The van der Waals surface area contributed by atoms with Gasteiger partial charge in [0.1, 0.15) is 0 Å². The molecule has 106 valence electrons. The normalized spacial score (nSPS) is 10.4. The average molecular weight is 377 g/mol. The number of hydrogen-bond acceptors (Lipinski definition) is 5. The van der Waals surface area contributed by atoms with E-state index in [0.717, 1.165) is 15.7 Å². The van der Waals surface area contributed by atoms with Crippen molar-refractivity contribution in [1.29, 1.82) is 0 Å². The van der Waals surface area contributed by atoms with E-state index in [9.17, 15) is 0 Å². The molecule has 20 heavy (non-hydrogen) atoms. The van der Waals surface area contributed by atoms with E-state index in [1.807, 2.05) is 19.9 Å². The van der Waals surface area contributed by atoms with Crippen molar-refractivity contribution >= 4 is 56.7 Å². The Morgan fingerprint density at radius 1 is 1.15 bits per heavy atom. The summed E-state index contributed by atoms with van der Waals surface area (Å²) in [5.41, 5.74) is 1.73. The fourth-order valence-corrected chi connectivity index (χ4v) is 2.39. The number of benzene rings is 1. The molecule has 2 aromatic rings. The molecule has 0 fully saturated rings. The first kappa shape index (κ1) is 15.3. The molecule has 1 aromatic carbocycles. The lowest BCUT2D eigenvalue weighted by Crippen LogP contribution is -2.06. The highest BCUT2D eigenvalue weighted by molar-refractivity contribution is 9.10. The zero-order valence-electron chi connectivity index (χ0n) is 10.8. The Hall–Kier alpha value is -1.11. The van der Waals surface area contributed by atoms with Crippen molar-refractivity contribution in [2.45, 2.75) is 13.8 Å². The summed E-state index contributed by atoms with van der Waals surface area (Å²) in [6, 6.07) is 3.71. The van der Waals surface area contributed by atoms with Crippen molar-refractivity contribution in [3.8, 4) is 0 Å². The van der Waals surface area contributed by atoms with Crippen LogP contribution in [0.5, 0.6) is 0 Å². The van der Waals surface area contributed by atoms with E-state index >= 15 is 0 Å². The smallest absolute Gasteiger partial charge is 0.233 e. The highest BCUT2D eigenvalue weighted by atomic mass is 79.9. The average Bonchev–Trinajstić information content (AvgIpc) is 2.35. The molecule has 1 heterocycles. The van der Waals surface area contributed by atoms with Crippen LogP contribution in [-0.4, -0.2) is 21.5 Å². The molecule has 0 aliphatic rings. The van der Waals surface area contributed by atoms with Gasteiger partial charge in [-0.15, -0.1) is 0 Å². The van der Waals surface area contributed by atoms with E-state index in [4.69, 9.17) is 23.2 Å². The molecule has 0 aliphatic heterocycles. The molecule has 8 heteroatoms. The van der Waals surface area contributed by atoms with Gasteiger partial charge in [0.15, 0.2) is 0 Å². The monoisotopic (exact) mass is 375 g/mol. The molecule has 2 N–H and O–H groups in total. The Kier molecular flexibility index (Phi) is 5.01. The third-order valence-electron chi connectivity index (χ3n) is 2.44. The number of halogens is 3. The first-order chi connectivity index (χ1) is 9.49. The van der Waals surface area contributed by atoms with Crippen molar-refractivity contribution < 1.29 is 0 Å². The van der Waals surface area contributed by atoms with Crippen molar-refractivity contribution in [3.05, 3.63) is 32.5 Å². The number of rotatable bonds is 4. The van der Waals surface area contributed by atoms with Crippen molar-refractivity contribution in [1.82, 2.24) is 15.0 Å². The van der Waals surface area contributed by atoms with Crippen molar-refractivity contribution in [2.24, 2.45) is 0 Å². The second-order valence-corrected chi connectivity index (χ2v) is 5.59. The zero-order chi connectivity index (χ0) is 14.7. The standard InChI is InChI=1S/C12H12BrCl2N5/c1-3-16-11-18-10(15)19-12(20-11)17-9-5-8(14)6(2)4-7(9)13/h4-5H,3H2,1-2H3,(H2,16,17,18,19,20). The minimum Gasteiger partial charge on any atom is -0.354 e.